The van der Waals surface area contributed by atoms with E-state index in [4.69, 9.17) is 16.3 Å². The summed E-state index contributed by atoms with van der Waals surface area (Å²) in [5.41, 5.74) is 2.00. The molecule has 0 aliphatic heterocycles. The first-order chi connectivity index (χ1) is 20.2. The number of amides is 2. The van der Waals surface area contributed by atoms with Gasteiger partial charge >= 0.3 is 0 Å². The van der Waals surface area contributed by atoms with Crippen molar-refractivity contribution < 1.29 is 22.7 Å². The molecule has 1 N–H and O–H groups in total. The number of nitrogens with one attached hydrogen (secondary N) is 1. The first-order valence-electron chi connectivity index (χ1n) is 14.2. The Morgan fingerprint density at radius 2 is 1.62 bits per heavy atom. The number of ether oxygens (including phenoxy) is 1. The number of sulfonamides is 1. The molecule has 1 saturated carbocycles. The van der Waals surface area contributed by atoms with Gasteiger partial charge in [-0.15, -0.1) is 0 Å². The SMILES string of the molecule is CC[C@H](C(=O)NC1CCCC1)N(Cc1ccccc1Cl)C(=O)CN(c1ccc(OCc2ccccc2)cc1)S(C)(=O)=O. The van der Waals surface area contributed by atoms with Crippen molar-refractivity contribution in [2.24, 2.45) is 0 Å². The fraction of sp³-hybridized carbons (Fsp3) is 0.375. The van der Waals surface area contributed by atoms with Crippen molar-refractivity contribution in [1.29, 1.82) is 0 Å². The quantitative estimate of drug-likeness (QED) is 0.273. The molecule has 10 heteroatoms. The lowest BCUT2D eigenvalue weighted by Crippen LogP contribution is -2.53. The van der Waals surface area contributed by atoms with Gasteiger partial charge in [-0.1, -0.05) is 79.9 Å². The molecule has 0 spiro atoms. The van der Waals surface area contributed by atoms with Crippen LogP contribution in [0.15, 0.2) is 78.9 Å². The maximum atomic E-state index is 13.9. The number of carbonyl (C=O) groups is 2. The van der Waals surface area contributed by atoms with Gasteiger partial charge in [0.05, 0.1) is 11.9 Å². The fourth-order valence-electron chi connectivity index (χ4n) is 5.16. The summed E-state index contributed by atoms with van der Waals surface area (Å²) in [4.78, 5) is 28.8. The molecule has 4 rings (SSSR count). The van der Waals surface area contributed by atoms with Crippen LogP contribution in [0.5, 0.6) is 5.75 Å². The molecule has 3 aromatic carbocycles. The molecule has 0 aromatic heterocycles. The average Bonchev–Trinajstić information content (AvgIpc) is 3.49. The van der Waals surface area contributed by atoms with Crippen LogP contribution in [-0.4, -0.2) is 50.0 Å². The van der Waals surface area contributed by atoms with Gasteiger partial charge in [-0.3, -0.25) is 13.9 Å². The van der Waals surface area contributed by atoms with E-state index in [1.165, 1.54) is 4.90 Å². The first-order valence-corrected chi connectivity index (χ1v) is 16.5. The monoisotopic (exact) mass is 611 g/mol. The summed E-state index contributed by atoms with van der Waals surface area (Å²) in [5.74, 6) is -0.175. The highest BCUT2D eigenvalue weighted by Crippen LogP contribution is 2.25. The van der Waals surface area contributed by atoms with Crippen LogP contribution in [-0.2, 0) is 32.8 Å². The number of carbonyl (C=O) groups excluding carboxylic acids is 2. The van der Waals surface area contributed by atoms with Crippen molar-refractivity contribution in [3.63, 3.8) is 0 Å². The first kappa shape index (κ1) is 31.4. The molecule has 2 amide bonds. The van der Waals surface area contributed by atoms with Crippen LogP contribution in [0.3, 0.4) is 0 Å². The second-order valence-electron chi connectivity index (χ2n) is 10.6. The summed E-state index contributed by atoms with van der Waals surface area (Å²) in [6, 6.07) is 22.7. The Morgan fingerprint density at radius 1 is 0.976 bits per heavy atom. The molecule has 1 aliphatic carbocycles. The van der Waals surface area contributed by atoms with Gasteiger partial charge in [0.1, 0.15) is 24.9 Å². The van der Waals surface area contributed by atoms with Gasteiger partial charge in [-0.2, -0.15) is 0 Å². The van der Waals surface area contributed by atoms with E-state index in [0.717, 1.165) is 41.8 Å². The van der Waals surface area contributed by atoms with Crippen LogP contribution in [0.2, 0.25) is 5.02 Å². The predicted octanol–water partition coefficient (Wildman–Crippen LogP) is 5.55. The van der Waals surface area contributed by atoms with E-state index in [1.54, 1.807) is 42.5 Å². The van der Waals surface area contributed by atoms with E-state index < -0.39 is 28.5 Å². The predicted molar refractivity (Wildman–Crippen MR) is 166 cm³/mol. The van der Waals surface area contributed by atoms with Crippen molar-refractivity contribution >= 4 is 39.1 Å². The second kappa shape index (κ2) is 14.6. The van der Waals surface area contributed by atoms with E-state index in [1.807, 2.05) is 43.3 Å². The molecule has 1 atom stereocenters. The lowest BCUT2D eigenvalue weighted by molar-refractivity contribution is -0.140. The van der Waals surface area contributed by atoms with Gasteiger partial charge in [0.2, 0.25) is 21.8 Å². The summed E-state index contributed by atoms with van der Waals surface area (Å²) >= 11 is 6.44. The van der Waals surface area contributed by atoms with Gasteiger partial charge < -0.3 is 15.0 Å². The highest BCUT2D eigenvalue weighted by Gasteiger charge is 2.33. The number of anilines is 1. The maximum Gasteiger partial charge on any atom is 0.244 e. The van der Waals surface area contributed by atoms with Gasteiger partial charge in [0, 0.05) is 17.6 Å². The van der Waals surface area contributed by atoms with Crippen LogP contribution in [0.1, 0.15) is 50.2 Å². The smallest absolute Gasteiger partial charge is 0.244 e. The summed E-state index contributed by atoms with van der Waals surface area (Å²) in [7, 11) is -3.85. The third-order valence-corrected chi connectivity index (χ3v) is 8.95. The van der Waals surface area contributed by atoms with Gasteiger partial charge in [-0.05, 0) is 60.7 Å². The maximum absolute atomic E-state index is 13.9. The topological polar surface area (TPSA) is 96.0 Å². The number of halogens is 1. The molecule has 42 heavy (non-hydrogen) atoms. The Balaban J connectivity index is 1.55. The van der Waals surface area contributed by atoms with Crippen molar-refractivity contribution in [1.82, 2.24) is 10.2 Å². The molecule has 0 heterocycles. The summed E-state index contributed by atoms with van der Waals surface area (Å²) in [6.45, 7) is 1.81. The Bertz CT molecular complexity index is 1440. The van der Waals surface area contributed by atoms with E-state index in [-0.39, 0.29) is 18.5 Å². The number of hydrogen-bond acceptors (Lipinski definition) is 5. The molecule has 0 radical (unpaired) electrons. The highest BCUT2D eigenvalue weighted by atomic mass is 35.5. The molecule has 1 aliphatic rings. The minimum Gasteiger partial charge on any atom is -0.489 e. The van der Waals surface area contributed by atoms with Crippen LogP contribution in [0.4, 0.5) is 5.69 Å². The normalized spacial score (nSPS) is 14.3. The third kappa shape index (κ3) is 8.49. The minimum atomic E-state index is -3.85. The summed E-state index contributed by atoms with van der Waals surface area (Å²) < 4.78 is 32.7. The Labute approximate surface area is 253 Å². The van der Waals surface area contributed by atoms with Crippen molar-refractivity contribution in [2.45, 2.75) is 64.3 Å². The van der Waals surface area contributed by atoms with E-state index in [0.29, 0.717) is 35.1 Å². The van der Waals surface area contributed by atoms with Crippen molar-refractivity contribution in [3.8, 4) is 5.75 Å². The van der Waals surface area contributed by atoms with Crippen molar-refractivity contribution in [3.05, 3.63) is 95.0 Å². The van der Waals surface area contributed by atoms with Crippen LogP contribution in [0, 0.1) is 0 Å². The number of benzene rings is 3. The van der Waals surface area contributed by atoms with E-state index in [2.05, 4.69) is 5.32 Å². The molecular weight excluding hydrogens is 574 g/mol. The summed E-state index contributed by atoms with van der Waals surface area (Å²) in [5, 5.41) is 3.56. The standard InChI is InChI=1S/C32H38ClN3O5S/c1-3-30(32(38)34-26-14-8-9-15-26)35(21-25-13-7-10-16-29(25)33)31(37)22-36(42(2,39)40)27-17-19-28(20-18-27)41-23-24-11-5-4-6-12-24/h4-7,10-13,16-20,26,30H,3,8-9,14-15,21-23H2,1-2H3,(H,34,38)/t30-/m1/s1. The minimum absolute atomic E-state index is 0.0684. The largest absolute Gasteiger partial charge is 0.489 e. The zero-order chi connectivity index (χ0) is 30.1. The lowest BCUT2D eigenvalue weighted by Gasteiger charge is -2.33. The molecule has 0 unspecified atom stereocenters. The van der Waals surface area contributed by atoms with E-state index >= 15 is 0 Å². The molecule has 3 aromatic rings. The molecular formula is C32H38ClN3O5S. The van der Waals surface area contributed by atoms with Gasteiger partial charge in [0.15, 0.2) is 0 Å². The Kier molecular flexibility index (Phi) is 10.9. The van der Waals surface area contributed by atoms with Gasteiger partial charge in [0.25, 0.3) is 0 Å². The Hall–Kier alpha value is -3.56. The van der Waals surface area contributed by atoms with Crippen LogP contribution in [0.25, 0.3) is 0 Å². The Morgan fingerprint density at radius 3 is 2.24 bits per heavy atom. The van der Waals surface area contributed by atoms with Crippen LogP contribution >= 0.6 is 11.6 Å². The zero-order valence-electron chi connectivity index (χ0n) is 24.0. The molecule has 8 nitrogen and oxygen atoms in total. The lowest BCUT2D eigenvalue weighted by atomic mass is 10.1. The summed E-state index contributed by atoms with van der Waals surface area (Å²) in [6.07, 6.45) is 5.36. The second-order valence-corrected chi connectivity index (χ2v) is 12.9. The zero-order valence-corrected chi connectivity index (χ0v) is 25.6. The molecule has 0 bridgehead atoms. The fourth-order valence-corrected chi connectivity index (χ4v) is 6.21. The number of rotatable bonds is 13. The van der Waals surface area contributed by atoms with E-state index in [9.17, 15) is 18.0 Å². The molecule has 1 fully saturated rings. The number of hydrogen-bond donors (Lipinski definition) is 1. The molecule has 0 saturated heterocycles. The third-order valence-electron chi connectivity index (χ3n) is 7.44. The average molecular weight is 612 g/mol. The van der Waals surface area contributed by atoms with Crippen LogP contribution < -0.4 is 14.4 Å². The number of nitrogens with zero attached hydrogens (tertiary/aromatic N) is 2. The van der Waals surface area contributed by atoms with Crippen molar-refractivity contribution in [2.75, 3.05) is 17.1 Å². The highest BCUT2D eigenvalue weighted by molar-refractivity contribution is 7.92. The van der Waals surface area contributed by atoms with Gasteiger partial charge in [-0.25, -0.2) is 8.42 Å². The molecule has 224 valence electrons.